The first-order valence-electron chi connectivity index (χ1n) is 4.55. The normalized spacial score (nSPS) is 11.9. The smallest absolute Gasteiger partial charge is 0.234 e. The summed E-state index contributed by atoms with van der Waals surface area (Å²) < 4.78 is 0. The van der Waals surface area contributed by atoms with Crippen LogP contribution in [0.4, 0.5) is 0 Å². The summed E-state index contributed by atoms with van der Waals surface area (Å²) in [4.78, 5) is 23.2. The van der Waals surface area contributed by atoms with Gasteiger partial charge in [-0.2, -0.15) is 0 Å². The van der Waals surface area contributed by atoms with Crippen LogP contribution in [0.1, 0.15) is 0 Å². The van der Waals surface area contributed by atoms with Crippen molar-refractivity contribution in [3.8, 4) is 0 Å². The van der Waals surface area contributed by atoms with Crippen molar-refractivity contribution < 1.29 is 9.72 Å². The Hall–Kier alpha value is -2.18. The molecule has 0 fully saturated rings. The first-order valence-corrected chi connectivity index (χ1v) is 4.55. The van der Waals surface area contributed by atoms with Crippen molar-refractivity contribution in [2.75, 3.05) is 20.1 Å². The molecular formula is C9H14N4O3. The van der Waals surface area contributed by atoms with Crippen molar-refractivity contribution in [3.63, 3.8) is 0 Å². The molecule has 0 aromatic carbocycles. The molecule has 0 rings (SSSR count). The Morgan fingerprint density at radius 3 is 2.81 bits per heavy atom. The van der Waals surface area contributed by atoms with Crippen LogP contribution < -0.4 is 10.6 Å². The first-order chi connectivity index (χ1) is 7.70. The fraction of sp³-hybridized carbons (Fsp3) is 0.333. The van der Waals surface area contributed by atoms with E-state index in [1.165, 1.54) is 18.4 Å². The van der Waals surface area contributed by atoms with E-state index in [1.54, 1.807) is 7.05 Å². The molecule has 0 radical (unpaired) electrons. The molecule has 0 aliphatic rings. The van der Waals surface area contributed by atoms with Crippen molar-refractivity contribution in [1.82, 2.24) is 10.6 Å². The van der Waals surface area contributed by atoms with Gasteiger partial charge in [0.2, 0.25) is 12.6 Å². The molecule has 88 valence electrons. The van der Waals surface area contributed by atoms with Crippen molar-refractivity contribution in [3.05, 3.63) is 34.2 Å². The highest BCUT2D eigenvalue weighted by Gasteiger charge is 1.91. The van der Waals surface area contributed by atoms with Crippen molar-refractivity contribution >= 4 is 12.6 Å². The van der Waals surface area contributed by atoms with Gasteiger partial charge >= 0.3 is 0 Å². The summed E-state index contributed by atoms with van der Waals surface area (Å²) in [5, 5.41) is 15.4. The number of hydrogen-bond acceptors (Lipinski definition) is 5. The zero-order valence-electron chi connectivity index (χ0n) is 8.92. The van der Waals surface area contributed by atoms with Crippen LogP contribution in [0.25, 0.3) is 0 Å². The van der Waals surface area contributed by atoms with Gasteiger partial charge in [0.15, 0.2) is 0 Å². The number of hydrogen-bond donors (Lipinski definition) is 2. The molecule has 0 aromatic heterocycles. The fourth-order valence-electron chi connectivity index (χ4n) is 0.842. The topological polar surface area (TPSA) is 96.6 Å². The van der Waals surface area contributed by atoms with E-state index in [-0.39, 0.29) is 0 Å². The minimum atomic E-state index is -0.550. The van der Waals surface area contributed by atoms with Gasteiger partial charge in [-0.05, 0) is 6.08 Å². The SMILES string of the molecule is C/N=C/C(=C\C=C\[N+](=O)[O-])NCCNC=O. The molecule has 2 N–H and O–H groups in total. The second-order valence-electron chi connectivity index (χ2n) is 2.63. The molecule has 7 nitrogen and oxygen atoms in total. The predicted molar refractivity (Wildman–Crippen MR) is 60.7 cm³/mol. The number of rotatable bonds is 8. The molecule has 0 aliphatic heterocycles. The lowest BCUT2D eigenvalue weighted by Gasteiger charge is -2.04. The van der Waals surface area contributed by atoms with Gasteiger partial charge in [0.1, 0.15) is 0 Å². The van der Waals surface area contributed by atoms with Crippen LogP contribution in [0.3, 0.4) is 0 Å². The summed E-state index contributed by atoms with van der Waals surface area (Å²) in [6, 6.07) is 0. The number of nitro groups is 1. The Morgan fingerprint density at radius 2 is 2.25 bits per heavy atom. The third-order valence-corrected chi connectivity index (χ3v) is 1.43. The molecule has 7 heteroatoms. The monoisotopic (exact) mass is 226 g/mol. The van der Waals surface area contributed by atoms with Crippen LogP contribution in [-0.2, 0) is 4.79 Å². The van der Waals surface area contributed by atoms with Gasteiger partial charge in [-0.3, -0.25) is 19.9 Å². The third-order valence-electron chi connectivity index (χ3n) is 1.43. The van der Waals surface area contributed by atoms with E-state index in [0.29, 0.717) is 25.2 Å². The number of carbonyl (C=O) groups excluding carboxylic acids is 1. The lowest BCUT2D eigenvalue weighted by molar-refractivity contribution is -0.402. The van der Waals surface area contributed by atoms with Crippen molar-refractivity contribution in [2.45, 2.75) is 0 Å². The Bertz CT molecular complexity index is 310. The van der Waals surface area contributed by atoms with Gasteiger partial charge in [0.25, 0.3) is 0 Å². The fourth-order valence-corrected chi connectivity index (χ4v) is 0.842. The standard InChI is InChI=1S/C9H14N4O3/c1-10-7-9(3-2-6-13(15)16)12-5-4-11-8-14/h2-3,6-8,12H,4-5H2,1H3,(H,11,14)/b6-2+,9-3+,10-7+. The maximum atomic E-state index is 10.0. The Balaban J connectivity index is 4.15. The van der Waals surface area contributed by atoms with Crippen LogP contribution in [0, 0.1) is 10.1 Å². The minimum Gasteiger partial charge on any atom is -0.382 e. The molecule has 0 aromatic rings. The van der Waals surface area contributed by atoms with E-state index in [1.807, 2.05) is 0 Å². The molecule has 0 bridgehead atoms. The van der Waals surface area contributed by atoms with E-state index in [4.69, 9.17) is 0 Å². The molecule has 1 amide bonds. The van der Waals surface area contributed by atoms with E-state index in [0.717, 1.165) is 6.20 Å². The van der Waals surface area contributed by atoms with Gasteiger partial charge in [0.05, 0.1) is 10.6 Å². The average molecular weight is 226 g/mol. The van der Waals surface area contributed by atoms with Gasteiger partial charge in [-0.25, -0.2) is 0 Å². The van der Waals surface area contributed by atoms with Gasteiger partial charge in [-0.15, -0.1) is 0 Å². The second kappa shape index (κ2) is 9.38. The Morgan fingerprint density at radius 1 is 1.50 bits per heavy atom. The molecule has 0 heterocycles. The Labute approximate surface area is 93.1 Å². The Kier molecular flexibility index (Phi) is 8.10. The molecule has 0 spiro atoms. The average Bonchev–Trinajstić information content (AvgIpc) is 2.23. The van der Waals surface area contributed by atoms with E-state index in [2.05, 4.69) is 15.6 Å². The second-order valence-corrected chi connectivity index (χ2v) is 2.63. The van der Waals surface area contributed by atoms with Crippen LogP contribution in [0.15, 0.2) is 29.0 Å². The maximum absolute atomic E-state index is 10.0. The number of aliphatic imine (C=N–C) groups is 1. The summed E-state index contributed by atoms with van der Waals surface area (Å²) in [5.74, 6) is 0. The van der Waals surface area contributed by atoms with Crippen LogP contribution >= 0.6 is 0 Å². The van der Waals surface area contributed by atoms with Crippen LogP contribution in [-0.4, -0.2) is 37.7 Å². The molecule has 16 heavy (non-hydrogen) atoms. The van der Waals surface area contributed by atoms with E-state index >= 15 is 0 Å². The molecule has 0 saturated heterocycles. The number of carbonyl (C=O) groups is 1. The molecular weight excluding hydrogens is 212 g/mol. The quantitative estimate of drug-likeness (QED) is 0.148. The molecule has 0 atom stereocenters. The van der Waals surface area contributed by atoms with Gasteiger partial charge in [-0.1, -0.05) is 0 Å². The summed E-state index contributed by atoms with van der Waals surface area (Å²) in [6.07, 6.45) is 5.79. The maximum Gasteiger partial charge on any atom is 0.234 e. The molecule has 0 aliphatic carbocycles. The highest BCUT2D eigenvalue weighted by atomic mass is 16.6. The summed E-state index contributed by atoms with van der Waals surface area (Å²) >= 11 is 0. The lowest BCUT2D eigenvalue weighted by Crippen LogP contribution is -2.26. The zero-order chi connectivity index (χ0) is 12.2. The molecule has 0 saturated carbocycles. The first kappa shape index (κ1) is 13.8. The number of allylic oxidation sites excluding steroid dienone is 3. The highest BCUT2D eigenvalue weighted by Crippen LogP contribution is 1.86. The van der Waals surface area contributed by atoms with Crippen LogP contribution in [0.5, 0.6) is 0 Å². The van der Waals surface area contributed by atoms with Crippen LogP contribution in [0.2, 0.25) is 0 Å². The predicted octanol–water partition coefficient (Wildman–Crippen LogP) is -0.303. The summed E-state index contributed by atoms with van der Waals surface area (Å²) in [7, 11) is 1.59. The van der Waals surface area contributed by atoms with Gasteiger partial charge in [0, 0.05) is 32.4 Å². The minimum absolute atomic E-state index is 0.470. The third kappa shape index (κ3) is 8.42. The lowest BCUT2D eigenvalue weighted by atomic mass is 10.4. The summed E-state index contributed by atoms with van der Waals surface area (Å²) in [5.41, 5.74) is 0.633. The van der Waals surface area contributed by atoms with Crippen molar-refractivity contribution in [1.29, 1.82) is 0 Å². The van der Waals surface area contributed by atoms with Crippen molar-refractivity contribution in [2.24, 2.45) is 4.99 Å². The van der Waals surface area contributed by atoms with E-state index < -0.39 is 4.92 Å². The number of nitrogens with one attached hydrogen (secondary N) is 2. The van der Waals surface area contributed by atoms with E-state index in [9.17, 15) is 14.9 Å². The largest absolute Gasteiger partial charge is 0.382 e. The molecule has 0 unspecified atom stereocenters. The zero-order valence-corrected chi connectivity index (χ0v) is 8.92. The van der Waals surface area contributed by atoms with Gasteiger partial charge < -0.3 is 10.6 Å². The number of nitrogens with zero attached hydrogens (tertiary/aromatic N) is 2. The highest BCUT2D eigenvalue weighted by molar-refractivity contribution is 5.78. The summed E-state index contributed by atoms with van der Waals surface area (Å²) in [6.45, 7) is 0.986. The number of amides is 1.